The van der Waals surface area contributed by atoms with Crippen molar-refractivity contribution in [2.75, 3.05) is 12.4 Å². The zero-order chi connectivity index (χ0) is 12.8. The lowest BCUT2D eigenvalue weighted by atomic mass is 10.2. The Kier molecular flexibility index (Phi) is 5.15. The first kappa shape index (κ1) is 13.7. The van der Waals surface area contributed by atoms with Gasteiger partial charge in [-0.15, -0.1) is 11.3 Å². The number of methoxy groups -OCH3 is 1. The first-order valence-electron chi connectivity index (χ1n) is 5.57. The van der Waals surface area contributed by atoms with Gasteiger partial charge in [-0.3, -0.25) is 4.79 Å². The second-order valence-corrected chi connectivity index (χ2v) is 4.87. The van der Waals surface area contributed by atoms with Crippen LogP contribution in [0.25, 0.3) is 0 Å². The van der Waals surface area contributed by atoms with E-state index in [-0.39, 0.29) is 5.91 Å². The first-order valence-corrected chi connectivity index (χ1v) is 6.38. The van der Waals surface area contributed by atoms with Gasteiger partial charge < -0.3 is 10.1 Å². The molecule has 0 atom stereocenters. The van der Waals surface area contributed by atoms with Crippen LogP contribution in [0.5, 0.6) is 0 Å². The van der Waals surface area contributed by atoms with E-state index in [1.165, 1.54) is 25.4 Å². The standard InChI is InChI=1S/C12H17NO3S/c1-4-5-6-9-7-10(12(15)16-3)11(17-9)13-8(2)14/h7H,4-6H2,1-3H3,(H,13,14). The predicted octanol–water partition coefficient (Wildman–Crippen LogP) is 2.84. The Labute approximate surface area is 105 Å². The molecule has 0 aliphatic rings. The fourth-order valence-corrected chi connectivity index (χ4v) is 2.56. The largest absolute Gasteiger partial charge is 0.465 e. The molecule has 0 unspecified atom stereocenters. The number of carbonyl (C=O) groups is 2. The number of rotatable bonds is 5. The van der Waals surface area contributed by atoms with Gasteiger partial charge in [0.1, 0.15) is 5.00 Å². The van der Waals surface area contributed by atoms with Crippen molar-refractivity contribution in [1.29, 1.82) is 0 Å². The number of aryl methyl sites for hydroxylation is 1. The number of amides is 1. The second-order valence-electron chi connectivity index (χ2n) is 3.73. The Hall–Kier alpha value is -1.36. The zero-order valence-electron chi connectivity index (χ0n) is 10.3. The summed E-state index contributed by atoms with van der Waals surface area (Å²) in [6.07, 6.45) is 3.09. The van der Waals surface area contributed by atoms with Gasteiger partial charge in [-0.1, -0.05) is 13.3 Å². The summed E-state index contributed by atoms with van der Waals surface area (Å²) in [4.78, 5) is 23.7. The van der Waals surface area contributed by atoms with Crippen LogP contribution >= 0.6 is 11.3 Å². The van der Waals surface area contributed by atoms with E-state index in [9.17, 15) is 9.59 Å². The number of anilines is 1. The Morgan fingerprint density at radius 3 is 2.71 bits per heavy atom. The van der Waals surface area contributed by atoms with E-state index >= 15 is 0 Å². The quantitative estimate of drug-likeness (QED) is 0.823. The number of carbonyl (C=O) groups excluding carboxylic acids is 2. The molecule has 0 radical (unpaired) electrons. The van der Waals surface area contributed by atoms with E-state index in [0.717, 1.165) is 24.1 Å². The molecule has 0 aromatic carbocycles. The monoisotopic (exact) mass is 255 g/mol. The maximum atomic E-state index is 11.5. The summed E-state index contributed by atoms with van der Waals surface area (Å²) in [5, 5.41) is 3.24. The van der Waals surface area contributed by atoms with Crippen molar-refractivity contribution >= 4 is 28.2 Å². The number of esters is 1. The van der Waals surface area contributed by atoms with Gasteiger partial charge >= 0.3 is 5.97 Å². The Morgan fingerprint density at radius 1 is 1.47 bits per heavy atom. The third-order valence-electron chi connectivity index (χ3n) is 2.25. The number of unbranched alkanes of at least 4 members (excludes halogenated alkanes) is 1. The molecule has 4 nitrogen and oxygen atoms in total. The van der Waals surface area contributed by atoms with Crippen LogP contribution in [0.15, 0.2) is 6.07 Å². The van der Waals surface area contributed by atoms with Crippen molar-refractivity contribution in [2.24, 2.45) is 0 Å². The minimum atomic E-state index is -0.409. The smallest absolute Gasteiger partial charge is 0.340 e. The van der Waals surface area contributed by atoms with Gasteiger partial charge in [-0.2, -0.15) is 0 Å². The van der Waals surface area contributed by atoms with E-state index in [1.54, 1.807) is 6.07 Å². The molecule has 0 saturated carbocycles. The average molecular weight is 255 g/mol. The van der Waals surface area contributed by atoms with Gasteiger partial charge in [-0.25, -0.2) is 4.79 Å². The molecule has 1 rings (SSSR count). The molecule has 17 heavy (non-hydrogen) atoms. The number of ether oxygens (including phenoxy) is 1. The normalized spacial score (nSPS) is 10.1. The lowest BCUT2D eigenvalue weighted by Crippen LogP contribution is -2.09. The summed E-state index contributed by atoms with van der Waals surface area (Å²) in [6.45, 7) is 3.54. The van der Waals surface area contributed by atoms with Crippen LogP contribution in [0.1, 0.15) is 41.9 Å². The van der Waals surface area contributed by atoms with Crippen molar-refractivity contribution in [3.8, 4) is 0 Å². The van der Waals surface area contributed by atoms with Crippen molar-refractivity contribution in [3.05, 3.63) is 16.5 Å². The average Bonchev–Trinajstić information content (AvgIpc) is 2.67. The minimum Gasteiger partial charge on any atom is -0.465 e. The van der Waals surface area contributed by atoms with Crippen LogP contribution in [-0.2, 0) is 16.0 Å². The van der Waals surface area contributed by atoms with Gasteiger partial charge in [0.15, 0.2) is 0 Å². The van der Waals surface area contributed by atoms with Crippen molar-refractivity contribution in [3.63, 3.8) is 0 Å². The van der Waals surface area contributed by atoms with Gasteiger partial charge in [0.25, 0.3) is 0 Å². The van der Waals surface area contributed by atoms with Crippen molar-refractivity contribution < 1.29 is 14.3 Å². The second kappa shape index (κ2) is 6.39. The molecule has 1 amide bonds. The van der Waals surface area contributed by atoms with E-state index in [0.29, 0.717) is 10.6 Å². The van der Waals surface area contributed by atoms with E-state index in [2.05, 4.69) is 12.2 Å². The summed E-state index contributed by atoms with van der Waals surface area (Å²) < 4.78 is 4.69. The minimum absolute atomic E-state index is 0.181. The molecule has 0 fully saturated rings. The van der Waals surface area contributed by atoms with Gasteiger partial charge in [0.05, 0.1) is 12.7 Å². The Morgan fingerprint density at radius 2 is 2.18 bits per heavy atom. The molecule has 1 aromatic heterocycles. The molecule has 94 valence electrons. The molecule has 1 heterocycles. The van der Waals surface area contributed by atoms with E-state index in [4.69, 9.17) is 4.74 Å². The van der Waals surface area contributed by atoms with Crippen LogP contribution in [0, 0.1) is 0 Å². The number of hydrogen-bond acceptors (Lipinski definition) is 4. The maximum absolute atomic E-state index is 11.5. The molecule has 0 aliphatic heterocycles. The van der Waals surface area contributed by atoms with Crippen LogP contribution in [0.4, 0.5) is 5.00 Å². The molecular weight excluding hydrogens is 238 g/mol. The highest BCUT2D eigenvalue weighted by atomic mass is 32.1. The predicted molar refractivity (Wildman–Crippen MR) is 68.6 cm³/mol. The third-order valence-corrected chi connectivity index (χ3v) is 3.36. The number of nitrogens with one attached hydrogen (secondary N) is 1. The van der Waals surface area contributed by atoms with Crippen LogP contribution in [0.2, 0.25) is 0 Å². The molecule has 0 bridgehead atoms. The summed E-state index contributed by atoms with van der Waals surface area (Å²) in [5.41, 5.74) is 0.443. The van der Waals surface area contributed by atoms with Crippen molar-refractivity contribution in [1.82, 2.24) is 0 Å². The summed E-state index contributed by atoms with van der Waals surface area (Å²) >= 11 is 1.44. The van der Waals surface area contributed by atoms with Crippen LogP contribution in [0.3, 0.4) is 0 Å². The van der Waals surface area contributed by atoms with Crippen LogP contribution < -0.4 is 5.32 Å². The highest BCUT2D eigenvalue weighted by molar-refractivity contribution is 7.16. The Bertz CT molecular complexity index is 412. The lowest BCUT2D eigenvalue weighted by Gasteiger charge is -2.01. The topological polar surface area (TPSA) is 55.4 Å². The van der Waals surface area contributed by atoms with Crippen molar-refractivity contribution in [2.45, 2.75) is 33.1 Å². The number of hydrogen-bond donors (Lipinski definition) is 1. The SMILES string of the molecule is CCCCc1cc(C(=O)OC)c(NC(C)=O)s1. The molecule has 5 heteroatoms. The zero-order valence-corrected chi connectivity index (χ0v) is 11.1. The summed E-state index contributed by atoms with van der Waals surface area (Å²) in [7, 11) is 1.34. The maximum Gasteiger partial charge on any atom is 0.340 e. The Balaban J connectivity index is 2.94. The summed E-state index contributed by atoms with van der Waals surface area (Å²) in [6, 6.07) is 1.80. The van der Waals surface area contributed by atoms with Gasteiger partial charge in [0.2, 0.25) is 5.91 Å². The fourth-order valence-electron chi connectivity index (χ4n) is 1.43. The first-order chi connectivity index (χ1) is 8.08. The molecule has 0 spiro atoms. The molecular formula is C12H17NO3S. The lowest BCUT2D eigenvalue weighted by molar-refractivity contribution is -0.114. The van der Waals surface area contributed by atoms with Gasteiger partial charge in [-0.05, 0) is 18.9 Å². The van der Waals surface area contributed by atoms with E-state index < -0.39 is 5.97 Å². The van der Waals surface area contributed by atoms with Gasteiger partial charge in [0, 0.05) is 11.8 Å². The number of thiophene rings is 1. The highest BCUT2D eigenvalue weighted by Gasteiger charge is 2.17. The molecule has 0 saturated heterocycles. The highest BCUT2D eigenvalue weighted by Crippen LogP contribution is 2.29. The molecule has 0 aliphatic carbocycles. The molecule has 1 N–H and O–H groups in total. The fraction of sp³-hybridized carbons (Fsp3) is 0.500. The summed E-state index contributed by atoms with van der Waals surface area (Å²) in [5.74, 6) is -0.591. The van der Waals surface area contributed by atoms with E-state index in [1.807, 2.05) is 0 Å². The molecule has 1 aromatic rings. The van der Waals surface area contributed by atoms with Crippen LogP contribution in [-0.4, -0.2) is 19.0 Å². The third kappa shape index (κ3) is 3.85.